The number of nitrogens with one attached hydrogen (secondary N) is 1. The third kappa shape index (κ3) is 4.23. The molecule has 0 aromatic carbocycles. The summed E-state index contributed by atoms with van der Waals surface area (Å²) in [5, 5.41) is 11.2. The van der Waals surface area contributed by atoms with Crippen LogP contribution in [0, 0.1) is 5.92 Å². The van der Waals surface area contributed by atoms with E-state index in [1.54, 1.807) is 20.8 Å². The molecule has 0 aromatic rings. The molecule has 0 aromatic heterocycles. The van der Waals surface area contributed by atoms with Gasteiger partial charge in [0, 0.05) is 5.92 Å². The van der Waals surface area contributed by atoms with Crippen molar-refractivity contribution in [3.63, 3.8) is 0 Å². The van der Waals surface area contributed by atoms with Crippen LogP contribution in [0.5, 0.6) is 0 Å². The van der Waals surface area contributed by atoms with E-state index in [-0.39, 0.29) is 18.4 Å². The van der Waals surface area contributed by atoms with Crippen molar-refractivity contribution in [3.05, 3.63) is 0 Å². The van der Waals surface area contributed by atoms with Crippen molar-refractivity contribution < 1.29 is 19.4 Å². The van der Waals surface area contributed by atoms with Crippen LogP contribution in [0.1, 0.15) is 20.8 Å². The zero-order valence-corrected chi connectivity index (χ0v) is 8.74. The number of amides is 1. The topological polar surface area (TPSA) is 75.6 Å². The lowest BCUT2D eigenvalue weighted by Gasteiger charge is -2.15. The van der Waals surface area contributed by atoms with Crippen molar-refractivity contribution in [3.8, 4) is 0 Å². The van der Waals surface area contributed by atoms with Gasteiger partial charge in [-0.15, -0.1) is 0 Å². The number of ether oxygens (including phenoxy) is 1. The Hall–Kier alpha value is -1.10. The highest BCUT2D eigenvalue weighted by Gasteiger charge is 2.21. The summed E-state index contributed by atoms with van der Waals surface area (Å²) in [4.78, 5) is 22.3. The number of carbonyl (C=O) groups is 2. The van der Waals surface area contributed by atoms with E-state index in [0.717, 1.165) is 0 Å². The van der Waals surface area contributed by atoms with Gasteiger partial charge in [-0.2, -0.15) is 0 Å². The van der Waals surface area contributed by atoms with E-state index in [0.29, 0.717) is 0 Å². The highest BCUT2D eigenvalue weighted by atomic mass is 16.5. The molecule has 0 spiro atoms. The van der Waals surface area contributed by atoms with Gasteiger partial charge < -0.3 is 15.2 Å². The fourth-order valence-electron chi connectivity index (χ4n) is 0.760. The molecular formula is C9H17NO4. The highest BCUT2D eigenvalue weighted by Crippen LogP contribution is 1.95. The van der Waals surface area contributed by atoms with E-state index >= 15 is 0 Å². The van der Waals surface area contributed by atoms with Crippen LogP contribution in [0.2, 0.25) is 0 Å². The first-order valence-corrected chi connectivity index (χ1v) is 4.60. The number of aliphatic hydroxyl groups is 1. The van der Waals surface area contributed by atoms with Gasteiger partial charge >= 0.3 is 5.97 Å². The summed E-state index contributed by atoms with van der Waals surface area (Å²) in [5.74, 6) is -1.11. The van der Waals surface area contributed by atoms with Gasteiger partial charge in [-0.05, 0) is 6.92 Å². The van der Waals surface area contributed by atoms with Crippen LogP contribution >= 0.6 is 0 Å². The van der Waals surface area contributed by atoms with Crippen molar-refractivity contribution >= 4 is 11.9 Å². The van der Waals surface area contributed by atoms with E-state index in [1.807, 2.05) is 0 Å². The molecule has 0 radical (unpaired) electrons. The van der Waals surface area contributed by atoms with E-state index in [9.17, 15) is 9.59 Å². The van der Waals surface area contributed by atoms with Gasteiger partial charge in [0.15, 0.2) is 6.04 Å². The molecule has 0 heterocycles. The fourth-order valence-corrected chi connectivity index (χ4v) is 0.760. The maximum atomic E-state index is 11.2. The Bertz CT molecular complexity index is 203. The molecule has 1 amide bonds. The molecule has 0 saturated heterocycles. The largest absolute Gasteiger partial charge is 0.464 e. The van der Waals surface area contributed by atoms with Crippen molar-refractivity contribution in [1.29, 1.82) is 0 Å². The molecule has 5 heteroatoms. The molecule has 0 aliphatic carbocycles. The number of hydrogen-bond acceptors (Lipinski definition) is 4. The Morgan fingerprint density at radius 1 is 1.43 bits per heavy atom. The maximum absolute atomic E-state index is 11.2. The summed E-state index contributed by atoms with van der Waals surface area (Å²) in [7, 11) is 0. The van der Waals surface area contributed by atoms with E-state index in [4.69, 9.17) is 5.11 Å². The second-order valence-electron chi connectivity index (χ2n) is 3.15. The van der Waals surface area contributed by atoms with Gasteiger partial charge in [0.25, 0.3) is 0 Å². The lowest BCUT2D eigenvalue weighted by atomic mass is 10.2. The molecular weight excluding hydrogens is 186 g/mol. The molecule has 0 aliphatic heterocycles. The number of aliphatic hydroxyl groups excluding tert-OH is 1. The molecule has 0 saturated carbocycles. The van der Waals surface area contributed by atoms with E-state index in [1.165, 1.54) is 0 Å². The maximum Gasteiger partial charge on any atom is 0.331 e. The average molecular weight is 203 g/mol. The smallest absolute Gasteiger partial charge is 0.331 e. The lowest BCUT2D eigenvalue weighted by Crippen LogP contribution is -2.45. The van der Waals surface area contributed by atoms with E-state index in [2.05, 4.69) is 10.1 Å². The van der Waals surface area contributed by atoms with Crippen molar-refractivity contribution in [2.45, 2.75) is 26.8 Å². The Kier molecular flexibility index (Phi) is 5.87. The third-order valence-corrected chi connectivity index (χ3v) is 1.59. The van der Waals surface area contributed by atoms with Crippen molar-refractivity contribution in [2.75, 3.05) is 13.2 Å². The van der Waals surface area contributed by atoms with Gasteiger partial charge in [0.05, 0.1) is 13.2 Å². The lowest BCUT2D eigenvalue weighted by molar-refractivity contribution is -0.148. The van der Waals surface area contributed by atoms with Crippen LogP contribution in [0.25, 0.3) is 0 Å². The Morgan fingerprint density at radius 2 is 2.00 bits per heavy atom. The second-order valence-corrected chi connectivity index (χ2v) is 3.15. The molecule has 2 N–H and O–H groups in total. The molecule has 5 nitrogen and oxygen atoms in total. The number of esters is 1. The quantitative estimate of drug-likeness (QED) is 0.601. The summed E-state index contributed by atoms with van der Waals surface area (Å²) in [6.45, 7) is 4.85. The zero-order valence-electron chi connectivity index (χ0n) is 8.74. The first-order valence-electron chi connectivity index (χ1n) is 4.60. The SMILES string of the molecule is CCOC(=O)C(CO)NC(=O)C(C)C. The van der Waals surface area contributed by atoms with Gasteiger partial charge in [0.1, 0.15) is 0 Å². The van der Waals surface area contributed by atoms with Gasteiger partial charge in [-0.3, -0.25) is 4.79 Å². The average Bonchev–Trinajstić information content (AvgIpc) is 2.13. The Labute approximate surface area is 83.4 Å². The number of hydrogen-bond donors (Lipinski definition) is 2. The number of carbonyl (C=O) groups excluding carboxylic acids is 2. The monoisotopic (exact) mass is 203 g/mol. The van der Waals surface area contributed by atoms with Gasteiger partial charge in [-0.25, -0.2) is 4.79 Å². The van der Waals surface area contributed by atoms with E-state index < -0.39 is 18.6 Å². The molecule has 0 fully saturated rings. The third-order valence-electron chi connectivity index (χ3n) is 1.59. The van der Waals surface area contributed by atoms with Crippen molar-refractivity contribution in [1.82, 2.24) is 5.32 Å². The molecule has 14 heavy (non-hydrogen) atoms. The molecule has 82 valence electrons. The Morgan fingerprint density at radius 3 is 2.36 bits per heavy atom. The Balaban J connectivity index is 4.15. The minimum Gasteiger partial charge on any atom is -0.464 e. The molecule has 1 atom stereocenters. The molecule has 1 unspecified atom stereocenters. The van der Waals surface area contributed by atoms with Crippen LogP contribution in [-0.4, -0.2) is 36.2 Å². The highest BCUT2D eigenvalue weighted by molar-refractivity contribution is 5.85. The summed E-state index contributed by atoms with van der Waals surface area (Å²) < 4.78 is 4.66. The van der Waals surface area contributed by atoms with Gasteiger partial charge in [0.2, 0.25) is 5.91 Å². The first-order chi connectivity index (χ1) is 6.52. The van der Waals surface area contributed by atoms with Crippen LogP contribution in [0.15, 0.2) is 0 Å². The van der Waals surface area contributed by atoms with Crippen molar-refractivity contribution in [2.24, 2.45) is 5.92 Å². The molecule has 0 rings (SSSR count). The van der Waals surface area contributed by atoms with Crippen LogP contribution < -0.4 is 5.32 Å². The summed E-state index contributed by atoms with van der Waals surface area (Å²) in [6.07, 6.45) is 0. The standard InChI is InChI=1S/C9H17NO4/c1-4-14-9(13)7(5-11)10-8(12)6(2)3/h6-7,11H,4-5H2,1-3H3,(H,10,12). The number of rotatable bonds is 5. The normalized spacial score (nSPS) is 12.4. The minimum absolute atomic E-state index is 0.224. The molecule has 0 bridgehead atoms. The van der Waals surface area contributed by atoms with Crippen LogP contribution in [-0.2, 0) is 14.3 Å². The zero-order chi connectivity index (χ0) is 11.1. The second kappa shape index (κ2) is 6.37. The van der Waals surface area contributed by atoms with Gasteiger partial charge in [-0.1, -0.05) is 13.8 Å². The fraction of sp³-hybridized carbons (Fsp3) is 0.778. The molecule has 0 aliphatic rings. The predicted octanol–water partition coefficient (Wildman–Crippen LogP) is -0.317. The predicted molar refractivity (Wildman–Crippen MR) is 50.5 cm³/mol. The van der Waals surface area contributed by atoms with Crippen LogP contribution in [0.3, 0.4) is 0 Å². The van der Waals surface area contributed by atoms with Crippen LogP contribution in [0.4, 0.5) is 0 Å². The summed E-state index contributed by atoms with van der Waals surface area (Å²) in [6, 6.07) is -0.954. The minimum atomic E-state index is -0.954. The first kappa shape index (κ1) is 12.9. The summed E-state index contributed by atoms with van der Waals surface area (Å²) in [5.41, 5.74) is 0. The summed E-state index contributed by atoms with van der Waals surface area (Å²) >= 11 is 0.